The Morgan fingerprint density at radius 2 is 1.65 bits per heavy atom. The molecular formula is C20H30O9S2. The highest BCUT2D eigenvalue weighted by atomic mass is 32.2. The first-order valence-electron chi connectivity index (χ1n) is 10.0. The molecule has 3 rings (SSSR count). The van der Waals surface area contributed by atoms with Crippen LogP contribution in [0.2, 0.25) is 0 Å². The highest BCUT2D eigenvalue weighted by Crippen LogP contribution is 2.37. The molecule has 0 radical (unpaired) electrons. The molecule has 0 bridgehead atoms. The molecule has 1 aromatic rings. The van der Waals surface area contributed by atoms with Gasteiger partial charge in [-0.1, -0.05) is 18.2 Å². The third-order valence-electron chi connectivity index (χ3n) is 5.00. The molecule has 2 heterocycles. The molecule has 0 amide bonds. The third-order valence-corrected chi connectivity index (χ3v) is 7.34. The number of ether oxygens (including phenoxy) is 4. The van der Waals surface area contributed by atoms with Crippen molar-refractivity contribution in [3.05, 3.63) is 30.3 Å². The maximum absolute atomic E-state index is 12.7. The molecule has 176 valence electrons. The monoisotopic (exact) mass is 478 g/mol. The number of rotatable bonds is 8. The van der Waals surface area contributed by atoms with Crippen LogP contribution in [0, 0.1) is 0 Å². The molecule has 2 saturated heterocycles. The Morgan fingerprint density at radius 1 is 1.00 bits per heavy atom. The van der Waals surface area contributed by atoms with Crippen LogP contribution in [0.1, 0.15) is 34.1 Å². The Bertz CT molecular complexity index is 971. The number of hydrogen-bond acceptors (Lipinski definition) is 9. The first-order chi connectivity index (χ1) is 14.2. The summed E-state index contributed by atoms with van der Waals surface area (Å²) in [5, 5.41) is 0. The van der Waals surface area contributed by atoms with Gasteiger partial charge in [0.25, 0.3) is 10.1 Å². The zero-order valence-electron chi connectivity index (χ0n) is 18.3. The second-order valence-corrected chi connectivity index (χ2v) is 12.4. The number of sulfone groups is 1. The lowest BCUT2D eigenvalue weighted by Crippen LogP contribution is -2.48. The van der Waals surface area contributed by atoms with Crippen LogP contribution in [0.15, 0.2) is 35.2 Å². The zero-order chi connectivity index (χ0) is 23.1. The summed E-state index contributed by atoms with van der Waals surface area (Å²) in [5.74, 6) is -2.17. The lowest BCUT2D eigenvalue weighted by atomic mass is 10.0. The minimum Gasteiger partial charge on any atom is -0.348 e. The van der Waals surface area contributed by atoms with Gasteiger partial charge in [0.05, 0.1) is 29.6 Å². The van der Waals surface area contributed by atoms with Crippen LogP contribution in [-0.2, 0) is 43.1 Å². The van der Waals surface area contributed by atoms with E-state index >= 15 is 0 Å². The second-order valence-electron chi connectivity index (χ2n) is 8.69. The summed E-state index contributed by atoms with van der Waals surface area (Å²) in [4.78, 5) is 0.211. The van der Waals surface area contributed by atoms with Crippen molar-refractivity contribution >= 4 is 20.0 Å². The van der Waals surface area contributed by atoms with E-state index in [0.717, 1.165) is 6.26 Å². The SMILES string of the molecule is CC1(C)O[C@@H]([C@H](OS(C)(=O)=O)[C@H]2COC(C)(C)O2)[C@H](CCS(=O)(=O)c2ccccc2)O1. The van der Waals surface area contributed by atoms with Gasteiger partial charge in [-0.05, 0) is 46.2 Å². The average molecular weight is 479 g/mol. The maximum atomic E-state index is 12.7. The first-order valence-corrected chi connectivity index (χ1v) is 13.5. The molecule has 9 nitrogen and oxygen atoms in total. The van der Waals surface area contributed by atoms with Crippen molar-refractivity contribution in [3.8, 4) is 0 Å². The van der Waals surface area contributed by atoms with E-state index in [4.69, 9.17) is 23.1 Å². The molecule has 0 spiro atoms. The highest BCUT2D eigenvalue weighted by molar-refractivity contribution is 7.91. The van der Waals surface area contributed by atoms with Gasteiger partial charge >= 0.3 is 0 Å². The first kappa shape index (κ1) is 24.6. The molecule has 2 aliphatic heterocycles. The van der Waals surface area contributed by atoms with E-state index in [9.17, 15) is 16.8 Å². The van der Waals surface area contributed by atoms with Gasteiger partial charge in [0.1, 0.15) is 18.3 Å². The summed E-state index contributed by atoms with van der Waals surface area (Å²) < 4.78 is 78.1. The van der Waals surface area contributed by atoms with Crippen molar-refractivity contribution in [2.75, 3.05) is 18.6 Å². The molecule has 2 aliphatic rings. The summed E-state index contributed by atoms with van der Waals surface area (Å²) in [5.41, 5.74) is 0. The fourth-order valence-corrected chi connectivity index (χ4v) is 5.78. The molecular weight excluding hydrogens is 448 g/mol. The van der Waals surface area contributed by atoms with Crippen LogP contribution in [0.4, 0.5) is 0 Å². The molecule has 31 heavy (non-hydrogen) atoms. The summed E-state index contributed by atoms with van der Waals surface area (Å²) >= 11 is 0. The van der Waals surface area contributed by atoms with E-state index in [1.807, 2.05) is 0 Å². The molecule has 11 heteroatoms. The molecule has 2 fully saturated rings. The van der Waals surface area contributed by atoms with E-state index in [2.05, 4.69) is 0 Å². The van der Waals surface area contributed by atoms with Gasteiger partial charge in [-0.25, -0.2) is 8.42 Å². The van der Waals surface area contributed by atoms with Crippen LogP contribution in [0.25, 0.3) is 0 Å². The standard InChI is InChI=1S/C20H30O9S2/c1-19(2)25-13-16(27-19)18(29-30(5,21)22)17-15(26-20(3,4)28-17)11-12-31(23,24)14-9-7-6-8-10-14/h6-10,15-18H,11-13H2,1-5H3/t15-,16+,17+,18+/m0/s1. The fraction of sp³-hybridized carbons (Fsp3) is 0.700. The predicted molar refractivity (Wildman–Crippen MR) is 112 cm³/mol. The van der Waals surface area contributed by atoms with Crippen molar-refractivity contribution in [2.45, 2.75) is 75.0 Å². The minimum atomic E-state index is -3.87. The van der Waals surface area contributed by atoms with Gasteiger partial charge in [-0.15, -0.1) is 0 Å². The Hall–Kier alpha value is -1.08. The van der Waals surface area contributed by atoms with E-state index < -0.39 is 55.9 Å². The van der Waals surface area contributed by atoms with Gasteiger partial charge < -0.3 is 18.9 Å². The van der Waals surface area contributed by atoms with E-state index in [0.29, 0.717) is 0 Å². The molecule has 0 saturated carbocycles. The quantitative estimate of drug-likeness (QED) is 0.516. The maximum Gasteiger partial charge on any atom is 0.264 e. The topological polar surface area (TPSA) is 114 Å². The average Bonchev–Trinajstić information content (AvgIpc) is 3.16. The van der Waals surface area contributed by atoms with Crippen molar-refractivity contribution in [2.24, 2.45) is 0 Å². The summed E-state index contributed by atoms with van der Waals surface area (Å²) in [6.45, 7) is 6.88. The molecule has 4 atom stereocenters. The highest BCUT2D eigenvalue weighted by Gasteiger charge is 2.52. The largest absolute Gasteiger partial charge is 0.348 e. The Labute approximate surface area is 184 Å². The molecule has 1 aromatic carbocycles. The van der Waals surface area contributed by atoms with Crippen LogP contribution >= 0.6 is 0 Å². The van der Waals surface area contributed by atoms with Gasteiger partial charge in [0, 0.05) is 0 Å². The van der Waals surface area contributed by atoms with E-state index in [1.165, 1.54) is 12.1 Å². The smallest absolute Gasteiger partial charge is 0.264 e. The normalized spacial score (nSPS) is 29.1. The molecule has 0 N–H and O–H groups in total. The van der Waals surface area contributed by atoms with Gasteiger partial charge in [-0.3, -0.25) is 4.18 Å². The van der Waals surface area contributed by atoms with Crippen molar-refractivity contribution in [1.82, 2.24) is 0 Å². The van der Waals surface area contributed by atoms with Crippen molar-refractivity contribution in [1.29, 1.82) is 0 Å². The van der Waals surface area contributed by atoms with Crippen LogP contribution in [0.5, 0.6) is 0 Å². The molecule has 0 unspecified atom stereocenters. The second kappa shape index (κ2) is 8.69. The van der Waals surface area contributed by atoms with Gasteiger partial charge in [0.2, 0.25) is 0 Å². The Morgan fingerprint density at radius 3 is 2.19 bits per heavy atom. The predicted octanol–water partition coefficient (Wildman–Crippen LogP) is 1.87. The van der Waals surface area contributed by atoms with Gasteiger partial charge in [0.15, 0.2) is 21.4 Å². The van der Waals surface area contributed by atoms with Crippen molar-refractivity contribution < 1.29 is 40.0 Å². The third kappa shape index (κ3) is 6.47. The minimum absolute atomic E-state index is 0.0892. The van der Waals surface area contributed by atoms with E-state index in [1.54, 1.807) is 45.9 Å². The summed E-state index contributed by atoms with van der Waals surface area (Å²) in [6, 6.07) is 8.12. The van der Waals surface area contributed by atoms with Crippen LogP contribution in [0.3, 0.4) is 0 Å². The molecule has 0 aliphatic carbocycles. The Balaban J connectivity index is 1.83. The Kier molecular flexibility index (Phi) is 6.89. The van der Waals surface area contributed by atoms with E-state index in [-0.39, 0.29) is 23.7 Å². The number of hydrogen-bond donors (Lipinski definition) is 0. The lowest BCUT2D eigenvalue weighted by Gasteiger charge is -2.30. The van der Waals surface area contributed by atoms with Crippen LogP contribution < -0.4 is 0 Å². The van der Waals surface area contributed by atoms with Gasteiger partial charge in [-0.2, -0.15) is 8.42 Å². The summed E-state index contributed by atoms with van der Waals surface area (Å²) in [6.07, 6.45) is -2.38. The van der Waals surface area contributed by atoms with Crippen molar-refractivity contribution in [3.63, 3.8) is 0 Å². The molecule has 0 aromatic heterocycles. The lowest BCUT2D eigenvalue weighted by molar-refractivity contribution is -0.174. The zero-order valence-corrected chi connectivity index (χ0v) is 19.9. The summed E-state index contributed by atoms with van der Waals surface area (Å²) in [7, 11) is -7.43. The fourth-order valence-electron chi connectivity index (χ4n) is 3.79. The van der Waals surface area contributed by atoms with Crippen LogP contribution in [-0.4, -0.2) is 71.4 Å². The number of benzene rings is 1.